The largest absolute Gasteiger partial charge is 0.459 e. The molecule has 1 aromatic heterocycles. The van der Waals surface area contributed by atoms with Crippen LogP contribution in [-0.4, -0.2) is 23.9 Å². The SMILES string of the molecule is CC(C)[C@@H](NC(=O)c1ccco1)C(=O)NC1CCCCC1. The molecule has 1 heterocycles. The van der Waals surface area contributed by atoms with Gasteiger partial charge in [-0.25, -0.2) is 0 Å². The number of hydrogen-bond donors (Lipinski definition) is 2. The maximum atomic E-state index is 12.4. The van der Waals surface area contributed by atoms with Crippen LogP contribution in [0.25, 0.3) is 0 Å². The van der Waals surface area contributed by atoms with E-state index in [0.717, 1.165) is 25.7 Å². The van der Waals surface area contributed by atoms with Crippen LogP contribution in [0.1, 0.15) is 56.5 Å². The summed E-state index contributed by atoms with van der Waals surface area (Å²) in [5, 5.41) is 5.83. The van der Waals surface area contributed by atoms with Crippen LogP contribution in [0.15, 0.2) is 22.8 Å². The summed E-state index contributed by atoms with van der Waals surface area (Å²) < 4.78 is 5.06. The predicted octanol–water partition coefficient (Wildman–Crippen LogP) is 2.48. The van der Waals surface area contributed by atoms with Gasteiger partial charge in [0.15, 0.2) is 5.76 Å². The van der Waals surface area contributed by atoms with Crippen molar-refractivity contribution in [2.75, 3.05) is 0 Å². The molecule has 5 nitrogen and oxygen atoms in total. The maximum absolute atomic E-state index is 12.4. The summed E-state index contributed by atoms with van der Waals surface area (Å²) in [4.78, 5) is 24.4. The number of rotatable bonds is 5. The number of amides is 2. The Balaban J connectivity index is 1.94. The van der Waals surface area contributed by atoms with Crippen molar-refractivity contribution in [2.24, 2.45) is 5.92 Å². The fourth-order valence-electron chi connectivity index (χ4n) is 2.69. The van der Waals surface area contributed by atoms with E-state index in [4.69, 9.17) is 4.42 Å². The monoisotopic (exact) mass is 292 g/mol. The molecule has 0 radical (unpaired) electrons. The molecular weight excluding hydrogens is 268 g/mol. The lowest BCUT2D eigenvalue weighted by atomic mass is 9.94. The van der Waals surface area contributed by atoms with Crippen LogP contribution in [0, 0.1) is 5.92 Å². The van der Waals surface area contributed by atoms with Crippen LogP contribution < -0.4 is 10.6 Å². The molecule has 0 spiro atoms. The summed E-state index contributed by atoms with van der Waals surface area (Å²) in [7, 11) is 0. The third-order valence-electron chi connectivity index (χ3n) is 3.93. The van der Waals surface area contributed by atoms with Crippen molar-refractivity contribution in [1.29, 1.82) is 0 Å². The normalized spacial score (nSPS) is 17.5. The minimum Gasteiger partial charge on any atom is -0.459 e. The van der Waals surface area contributed by atoms with Crippen LogP contribution in [0.4, 0.5) is 0 Å². The van der Waals surface area contributed by atoms with Crippen LogP contribution in [0.2, 0.25) is 0 Å². The first kappa shape index (κ1) is 15.6. The zero-order valence-corrected chi connectivity index (χ0v) is 12.7. The number of hydrogen-bond acceptors (Lipinski definition) is 3. The molecule has 0 unspecified atom stereocenters. The highest BCUT2D eigenvalue weighted by molar-refractivity contribution is 5.95. The summed E-state index contributed by atoms with van der Waals surface area (Å²) in [6, 6.07) is 2.95. The lowest BCUT2D eigenvalue weighted by molar-refractivity contribution is -0.124. The molecule has 0 saturated heterocycles. The number of nitrogens with one attached hydrogen (secondary N) is 2. The third kappa shape index (κ3) is 4.34. The van der Waals surface area contributed by atoms with Crippen LogP contribution in [-0.2, 0) is 4.79 Å². The summed E-state index contributed by atoms with van der Waals surface area (Å²) in [5.74, 6) is -0.201. The van der Waals surface area contributed by atoms with E-state index in [0.29, 0.717) is 0 Å². The van der Waals surface area contributed by atoms with Crippen molar-refractivity contribution < 1.29 is 14.0 Å². The quantitative estimate of drug-likeness (QED) is 0.876. The molecule has 2 amide bonds. The van der Waals surface area contributed by atoms with Gasteiger partial charge in [0.25, 0.3) is 5.91 Å². The van der Waals surface area contributed by atoms with Gasteiger partial charge in [-0.2, -0.15) is 0 Å². The van der Waals surface area contributed by atoms with E-state index in [2.05, 4.69) is 10.6 Å². The molecule has 1 aromatic rings. The molecule has 116 valence electrons. The van der Waals surface area contributed by atoms with E-state index >= 15 is 0 Å². The van der Waals surface area contributed by atoms with Crippen LogP contribution in [0.5, 0.6) is 0 Å². The summed E-state index contributed by atoms with van der Waals surface area (Å²) in [6.07, 6.45) is 7.08. The van der Waals surface area contributed by atoms with Crippen LogP contribution in [0.3, 0.4) is 0 Å². The van der Waals surface area contributed by atoms with E-state index < -0.39 is 6.04 Å². The standard InChI is InChI=1S/C16H24N2O3/c1-11(2)14(18-15(19)13-9-6-10-21-13)16(20)17-12-7-4-3-5-8-12/h6,9-12,14H,3-5,7-8H2,1-2H3,(H,17,20)(H,18,19)/t14-/m1/s1. The second-order valence-corrected chi connectivity index (χ2v) is 6.02. The van der Waals surface area contributed by atoms with Crippen molar-refractivity contribution in [3.8, 4) is 0 Å². The Morgan fingerprint density at radius 3 is 2.52 bits per heavy atom. The van der Waals surface area contributed by atoms with E-state index in [-0.39, 0.29) is 29.5 Å². The minimum absolute atomic E-state index is 0.0208. The fourth-order valence-corrected chi connectivity index (χ4v) is 2.69. The number of carbonyl (C=O) groups is 2. The van der Waals surface area contributed by atoms with Gasteiger partial charge in [-0.1, -0.05) is 33.1 Å². The lowest BCUT2D eigenvalue weighted by Crippen LogP contribution is -2.52. The van der Waals surface area contributed by atoms with Gasteiger partial charge in [0.2, 0.25) is 5.91 Å². The van der Waals surface area contributed by atoms with Gasteiger partial charge in [0.05, 0.1) is 6.26 Å². The highest BCUT2D eigenvalue weighted by Gasteiger charge is 2.27. The molecule has 1 fully saturated rings. The fraction of sp³-hybridized carbons (Fsp3) is 0.625. The zero-order valence-electron chi connectivity index (χ0n) is 12.7. The van der Waals surface area contributed by atoms with Gasteiger partial charge in [-0.15, -0.1) is 0 Å². The van der Waals surface area contributed by atoms with Crippen molar-refractivity contribution in [3.63, 3.8) is 0 Å². The highest BCUT2D eigenvalue weighted by Crippen LogP contribution is 2.18. The molecule has 1 atom stereocenters. The maximum Gasteiger partial charge on any atom is 0.287 e. The summed E-state index contributed by atoms with van der Waals surface area (Å²) in [5.41, 5.74) is 0. The van der Waals surface area contributed by atoms with Gasteiger partial charge in [-0.05, 0) is 30.9 Å². The van der Waals surface area contributed by atoms with Gasteiger partial charge in [-0.3, -0.25) is 9.59 Å². The van der Waals surface area contributed by atoms with Gasteiger partial charge < -0.3 is 15.1 Å². The molecule has 2 N–H and O–H groups in total. The van der Waals surface area contributed by atoms with Crippen molar-refractivity contribution in [1.82, 2.24) is 10.6 Å². The third-order valence-corrected chi connectivity index (χ3v) is 3.93. The van der Waals surface area contributed by atoms with Crippen molar-refractivity contribution in [2.45, 2.75) is 58.0 Å². The predicted molar refractivity (Wildman–Crippen MR) is 79.8 cm³/mol. The molecule has 2 rings (SSSR count). The number of carbonyl (C=O) groups excluding carboxylic acids is 2. The molecule has 1 aliphatic carbocycles. The first-order valence-corrected chi connectivity index (χ1v) is 7.72. The highest BCUT2D eigenvalue weighted by atomic mass is 16.3. The molecule has 0 aromatic carbocycles. The van der Waals surface area contributed by atoms with E-state index in [9.17, 15) is 9.59 Å². The molecule has 5 heteroatoms. The Hall–Kier alpha value is -1.78. The Kier molecular flexibility index (Phi) is 5.42. The molecule has 1 aliphatic rings. The minimum atomic E-state index is -0.537. The smallest absolute Gasteiger partial charge is 0.287 e. The molecule has 21 heavy (non-hydrogen) atoms. The van der Waals surface area contributed by atoms with Crippen molar-refractivity contribution in [3.05, 3.63) is 24.2 Å². The van der Waals surface area contributed by atoms with Gasteiger partial charge in [0.1, 0.15) is 6.04 Å². The number of furan rings is 1. The second kappa shape index (κ2) is 7.29. The first-order valence-electron chi connectivity index (χ1n) is 7.72. The van der Waals surface area contributed by atoms with Gasteiger partial charge >= 0.3 is 0 Å². The molecule has 1 saturated carbocycles. The molecular formula is C16H24N2O3. The average Bonchev–Trinajstić information content (AvgIpc) is 2.99. The van der Waals surface area contributed by atoms with E-state index in [1.54, 1.807) is 12.1 Å². The second-order valence-electron chi connectivity index (χ2n) is 6.02. The van der Waals surface area contributed by atoms with Crippen molar-refractivity contribution >= 4 is 11.8 Å². The Morgan fingerprint density at radius 2 is 1.95 bits per heavy atom. The first-order chi connectivity index (χ1) is 10.1. The Bertz CT molecular complexity index is 462. The topological polar surface area (TPSA) is 71.3 Å². The Labute approximate surface area is 125 Å². The van der Waals surface area contributed by atoms with E-state index in [1.165, 1.54) is 12.7 Å². The summed E-state index contributed by atoms with van der Waals surface area (Å²) in [6.45, 7) is 3.85. The summed E-state index contributed by atoms with van der Waals surface area (Å²) >= 11 is 0. The van der Waals surface area contributed by atoms with E-state index in [1.807, 2.05) is 13.8 Å². The average molecular weight is 292 g/mol. The lowest BCUT2D eigenvalue weighted by Gasteiger charge is -2.27. The van der Waals surface area contributed by atoms with Gasteiger partial charge in [0, 0.05) is 6.04 Å². The Morgan fingerprint density at radius 1 is 1.24 bits per heavy atom. The molecule has 0 bridgehead atoms. The molecule has 0 aliphatic heterocycles. The van der Waals surface area contributed by atoms with Crippen LogP contribution >= 0.6 is 0 Å². The zero-order chi connectivity index (χ0) is 15.2.